The fraction of sp³-hybridized carbons (Fsp3) is 0.500. The highest BCUT2D eigenvalue weighted by molar-refractivity contribution is 7.12. The molecule has 1 aliphatic rings. The lowest BCUT2D eigenvalue weighted by atomic mass is 10.4. The van der Waals surface area contributed by atoms with Crippen LogP contribution in [0.5, 0.6) is 0 Å². The van der Waals surface area contributed by atoms with Crippen LogP contribution in [0.15, 0.2) is 12.1 Å². The molecule has 1 aromatic rings. The maximum absolute atomic E-state index is 5.45. The van der Waals surface area contributed by atoms with Gasteiger partial charge in [-0.15, -0.1) is 23.7 Å². The zero-order valence-corrected chi connectivity index (χ0v) is 8.50. The highest BCUT2D eigenvalue weighted by Gasteiger charge is 2.17. The summed E-state index contributed by atoms with van der Waals surface area (Å²) in [6.45, 7) is 3.92. The van der Waals surface area contributed by atoms with Crippen LogP contribution in [0.1, 0.15) is 16.0 Å². The van der Waals surface area contributed by atoms with Crippen molar-refractivity contribution in [2.75, 3.05) is 13.2 Å². The van der Waals surface area contributed by atoms with Gasteiger partial charge in [0.25, 0.3) is 0 Å². The number of nitrogens with one attached hydrogen (secondary N) is 1. The zero-order valence-electron chi connectivity index (χ0n) is 6.87. The van der Waals surface area contributed by atoms with Crippen LogP contribution in [-0.2, 0) is 4.74 Å². The molecule has 12 heavy (non-hydrogen) atoms. The zero-order chi connectivity index (χ0) is 7.68. The summed E-state index contributed by atoms with van der Waals surface area (Å²) >= 11 is 1.80. The largest absolute Gasteiger partial charge is 0.357 e. The van der Waals surface area contributed by atoms with Crippen LogP contribution in [0.25, 0.3) is 0 Å². The molecule has 4 heteroatoms. The average molecular weight is 206 g/mol. The molecule has 0 bridgehead atoms. The van der Waals surface area contributed by atoms with Gasteiger partial charge in [0.05, 0.1) is 6.61 Å². The van der Waals surface area contributed by atoms with Crippen molar-refractivity contribution in [3.8, 4) is 0 Å². The third-order valence-electron chi connectivity index (χ3n) is 1.74. The average Bonchev–Trinajstić information content (AvgIpc) is 2.55. The van der Waals surface area contributed by atoms with Gasteiger partial charge in [-0.1, -0.05) is 0 Å². The Morgan fingerprint density at radius 3 is 2.92 bits per heavy atom. The molecular formula is C8H12ClNOS. The van der Waals surface area contributed by atoms with Crippen LogP contribution in [-0.4, -0.2) is 13.2 Å². The summed E-state index contributed by atoms with van der Waals surface area (Å²) in [6.07, 6.45) is 0.161. The minimum Gasteiger partial charge on any atom is -0.357 e. The van der Waals surface area contributed by atoms with Gasteiger partial charge in [-0.25, -0.2) is 0 Å². The van der Waals surface area contributed by atoms with Crippen molar-refractivity contribution in [2.24, 2.45) is 0 Å². The molecule has 0 radical (unpaired) electrons. The van der Waals surface area contributed by atoms with Crippen molar-refractivity contribution in [1.82, 2.24) is 5.32 Å². The van der Waals surface area contributed by atoms with E-state index in [0.29, 0.717) is 0 Å². The Kier molecular flexibility index (Phi) is 3.53. The Labute approximate surface area is 82.3 Å². The molecule has 1 fully saturated rings. The number of aryl methyl sites for hydroxylation is 1. The van der Waals surface area contributed by atoms with Gasteiger partial charge in [-0.3, -0.25) is 5.32 Å². The number of halogens is 1. The van der Waals surface area contributed by atoms with Gasteiger partial charge in [0.15, 0.2) is 0 Å². The Hall–Kier alpha value is -0.0900. The van der Waals surface area contributed by atoms with Gasteiger partial charge in [-0.05, 0) is 19.1 Å². The van der Waals surface area contributed by atoms with E-state index in [1.165, 1.54) is 9.75 Å². The van der Waals surface area contributed by atoms with Crippen molar-refractivity contribution < 1.29 is 4.74 Å². The normalized spacial score (nSPS) is 22.2. The Morgan fingerprint density at radius 2 is 2.42 bits per heavy atom. The summed E-state index contributed by atoms with van der Waals surface area (Å²) in [5.41, 5.74) is 0. The van der Waals surface area contributed by atoms with E-state index >= 15 is 0 Å². The molecule has 1 aromatic heterocycles. The second-order valence-electron chi connectivity index (χ2n) is 2.65. The number of hydrogen-bond acceptors (Lipinski definition) is 3. The summed E-state index contributed by atoms with van der Waals surface area (Å²) in [6, 6.07) is 4.26. The fourth-order valence-electron chi connectivity index (χ4n) is 1.20. The van der Waals surface area contributed by atoms with Crippen molar-refractivity contribution >= 4 is 23.7 Å². The molecule has 1 aliphatic heterocycles. The monoisotopic (exact) mass is 205 g/mol. The van der Waals surface area contributed by atoms with E-state index in [9.17, 15) is 0 Å². The van der Waals surface area contributed by atoms with E-state index < -0.39 is 0 Å². The molecule has 0 aliphatic carbocycles. The van der Waals surface area contributed by atoms with E-state index in [0.717, 1.165) is 13.2 Å². The summed E-state index contributed by atoms with van der Waals surface area (Å²) in [4.78, 5) is 2.64. The highest BCUT2D eigenvalue weighted by Crippen LogP contribution is 2.25. The third-order valence-corrected chi connectivity index (χ3v) is 2.78. The standard InChI is InChI=1S/C8H11NOS.ClH/c1-6-2-3-7(11-6)8-9-4-5-10-8;/h2-3,8-9H,4-5H2,1H3;1H. The number of ether oxygens (including phenoxy) is 1. The molecule has 1 N–H and O–H groups in total. The van der Waals surface area contributed by atoms with Crippen LogP contribution in [0.2, 0.25) is 0 Å². The van der Waals surface area contributed by atoms with Crippen molar-refractivity contribution in [2.45, 2.75) is 13.2 Å². The molecule has 0 aromatic carbocycles. The van der Waals surface area contributed by atoms with Gasteiger partial charge in [0.2, 0.25) is 0 Å². The number of rotatable bonds is 1. The molecule has 2 rings (SSSR count). The van der Waals surface area contributed by atoms with E-state index in [1.807, 2.05) is 0 Å². The SMILES string of the molecule is Cc1ccc(C2NCCO2)s1.Cl. The van der Waals surface area contributed by atoms with Crippen molar-refractivity contribution in [1.29, 1.82) is 0 Å². The lowest BCUT2D eigenvalue weighted by Crippen LogP contribution is -2.12. The van der Waals surface area contributed by atoms with E-state index in [-0.39, 0.29) is 18.6 Å². The van der Waals surface area contributed by atoms with Gasteiger partial charge < -0.3 is 4.74 Å². The van der Waals surface area contributed by atoms with Crippen LogP contribution in [0.3, 0.4) is 0 Å². The van der Waals surface area contributed by atoms with Crippen molar-refractivity contribution in [3.05, 3.63) is 21.9 Å². The minimum absolute atomic E-state index is 0. The molecule has 1 unspecified atom stereocenters. The quantitative estimate of drug-likeness (QED) is 0.758. The first kappa shape index (κ1) is 9.99. The predicted octanol–water partition coefficient (Wildman–Crippen LogP) is 2.10. The predicted molar refractivity (Wildman–Crippen MR) is 53.0 cm³/mol. The van der Waals surface area contributed by atoms with Gasteiger partial charge >= 0.3 is 0 Å². The van der Waals surface area contributed by atoms with Crippen LogP contribution in [0.4, 0.5) is 0 Å². The van der Waals surface area contributed by atoms with Gasteiger partial charge in [0.1, 0.15) is 6.23 Å². The highest BCUT2D eigenvalue weighted by atomic mass is 35.5. The molecule has 1 atom stereocenters. The lowest BCUT2D eigenvalue weighted by molar-refractivity contribution is 0.105. The van der Waals surface area contributed by atoms with Crippen LogP contribution in [0, 0.1) is 6.92 Å². The van der Waals surface area contributed by atoms with E-state index in [1.54, 1.807) is 11.3 Å². The smallest absolute Gasteiger partial charge is 0.143 e. The second-order valence-corrected chi connectivity index (χ2v) is 3.97. The lowest BCUT2D eigenvalue weighted by Gasteiger charge is -2.05. The topological polar surface area (TPSA) is 21.3 Å². The molecule has 1 saturated heterocycles. The molecule has 0 amide bonds. The van der Waals surface area contributed by atoms with Gasteiger partial charge in [0, 0.05) is 16.3 Å². The van der Waals surface area contributed by atoms with Crippen LogP contribution >= 0.6 is 23.7 Å². The number of thiophene rings is 1. The molecule has 0 saturated carbocycles. The molecule has 68 valence electrons. The molecule has 2 heterocycles. The fourth-order valence-corrected chi connectivity index (χ4v) is 2.11. The summed E-state index contributed by atoms with van der Waals surface area (Å²) < 4.78 is 5.45. The summed E-state index contributed by atoms with van der Waals surface area (Å²) in [7, 11) is 0. The van der Waals surface area contributed by atoms with Gasteiger partial charge in [-0.2, -0.15) is 0 Å². The number of hydrogen-bond donors (Lipinski definition) is 1. The third kappa shape index (κ3) is 1.98. The first-order chi connectivity index (χ1) is 5.36. The first-order valence-electron chi connectivity index (χ1n) is 3.77. The first-order valence-corrected chi connectivity index (χ1v) is 4.59. The summed E-state index contributed by atoms with van der Waals surface area (Å²) in [5.74, 6) is 0. The molecule has 2 nitrogen and oxygen atoms in total. The van der Waals surface area contributed by atoms with Crippen molar-refractivity contribution in [3.63, 3.8) is 0 Å². The Bertz CT molecular complexity index is 245. The Morgan fingerprint density at radius 1 is 1.58 bits per heavy atom. The Balaban J connectivity index is 0.000000720. The molecule has 0 spiro atoms. The summed E-state index contributed by atoms with van der Waals surface area (Å²) in [5, 5.41) is 3.27. The van der Waals surface area contributed by atoms with E-state index in [4.69, 9.17) is 4.74 Å². The maximum Gasteiger partial charge on any atom is 0.143 e. The minimum atomic E-state index is 0. The second kappa shape index (κ2) is 4.23. The van der Waals surface area contributed by atoms with E-state index in [2.05, 4.69) is 24.4 Å². The van der Waals surface area contributed by atoms with Crippen LogP contribution < -0.4 is 5.32 Å². The maximum atomic E-state index is 5.45. The molecular weight excluding hydrogens is 194 g/mol.